The summed E-state index contributed by atoms with van der Waals surface area (Å²) < 4.78 is 0. The molecule has 0 bridgehead atoms. The summed E-state index contributed by atoms with van der Waals surface area (Å²) in [5.41, 5.74) is 7.76. The molecule has 2 atom stereocenters. The summed E-state index contributed by atoms with van der Waals surface area (Å²) in [6.07, 6.45) is 6.46. The topological polar surface area (TPSA) is 75.4 Å². The number of piperidine rings is 1. The van der Waals surface area contributed by atoms with Crippen LogP contribution >= 0.6 is 0 Å². The first-order chi connectivity index (χ1) is 12.5. The first-order valence-corrected chi connectivity index (χ1v) is 9.96. The third kappa shape index (κ3) is 4.64. The average Bonchev–Trinajstić information content (AvgIpc) is 3.21. The molecule has 1 aliphatic heterocycles. The molecule has 5 heteroatoms. The van der Waals surface area contributed by atoms with Crippen LogP contribution in [0.25, 0.3) is 0 Å². The van der Waals surface area contributed by atoms with Gasteiger partial charge in [0.05, 0.1) is 0 Å². The van der Waals surface area contributed by atoms with Crippen LogP contribution < -0.4 is 11.1 Å². The monoisotopic (exact) mass is 357 g/mol. The van der Waals surface area contributed by atoms with Crippen molar-refractivity contribution < 1.29 is 9.59 Å². The van der Waals surface area contributed by atoms with Gasteiger partial charge in [-0.2, -0.15) is 0 Å². The molecule has 0 radical (unpaired) electrons. The van der Waals surface area contributed by atoms with Crippen molar-refractivity contribution in [1.82, 2.24) is 10.2 Å². The van der Waals surface area contributed by atoms with Crippen LogP contribution in [0.1, 0.15) is 61.4 Å². The zero-order valence-corrected chi connectivity index (χ0v) is 15.7. The van der Waals surface area contributed by atoms with E-state index >= 15 is 0 Å². The minimum absolute atomic E-state index is 0.0805. The lowest BCUT2D eigenvalue weighted by molar-refractivity contribution is -0.124. The Morgan fingerprint density at radius 3 is 2.50 bits per heavy atom. The van der Waals surface area contributed by atoms with Gasteiger partial charge in [-0.05, 0) is 56.2 Å². The fraction of sp³-hybridized carbons (Fsp3) is 0.619. The molecule has 26 heavy (non-hydrogen) atoms. The molecule has 1 aromatic carbocycles. The van der Waals surface area contributed by atoms with Crippen LogP contribution in [0.4, 0.5) is 0 Å². The number of carbonyl (C=O) groups excluding carboxylic acids is 2. The number of nitrogens with two attached hydrogens (primary N) is 1. The molecule has 142 valence electrons. The Bertz CT molecular complexity index is 621. The van der Waals surface area contributed by atoms with Crippen LogP contribution in [0.2, 0.25) is 0 Å². The molecule has 1 saturated carbocycles. The standard InChI is InChI=1S/C21H31N3O2/c1-15(22)19-7-4-12-24(14-19)21(26)18-10-8-16(9-11-18)13-23-20(25)17-5-2-3-6-17/h8-11,15,17,19H,2-7,12-14,22H2,1H3,(H,23,25). The number of benzene rings is 1. The van der Waals surface area contributed by atoms with Crippen molar-refractivity contribution in [1.29, 1.82) is 0 Å². The van der Waals surface area contributed by atoms with Crippen LogP contribution in [0.3, 0.4) is 0 Å². The third-order valence-electron chi connectivity index (χ3n) is 5.88. The lowest BCUT2D eigenvalue weighted by Gasteiger charge is -2.34. The lowest BCUT2D eigenvalue weighted by Crippen LogP contribution is -2.45. The quantitative estimate of drug-likeness (QED) is 0.851. The van der Waals surface area contributed by atoms with Gasteiger partial charge in [0.25, 0.3) is 5.91 Å². The third-order valence-corrected chi connectivity index (χ3v) is 5.88. The molecular weight excluding hydrogens is 326 g/mol. The maximum Gasteiger partial charge on any atom is 0.253 e. The Hall–Kier alpha value is -1.88. The summed E-state index contributed by atoms with van der Waals surface area (Å²) in [6, 6.07) is 7.74. The van der Waals surface area contributed by atoms with E-state index in [4.69, 9.17) is 5.73 Å². The number of likely N-dealkylation sites (tertiary alicyclic amines) is 1. The number of carbonyl (C=O) groups is 2. The van der Waals surface area contributed by atoms with Gasteiger partial charge < -0.3 is 16.0 Å². The van der Waals surface area contributed by atoms with Crippen LogP contribution in [0.5, 0.6) is 0 Å². The second-order valence-electron chi connectivity index (χ2n) is 7.91. The van der Waals surface area contributed by atoms with Gasteiger partial charge in [-0.25, -0.2) is 0 Å². The summed E-state index contributed by atoms with van der Waals surface area (Å²) in [4.78, 5) is 26.8. The van der Waals surface area contributed by atoms with Crippen LogP contribution in [-0.2, 0) is 11.3 Å². The molecule has 1 saturated heterocycles. The van der Waals surface area contributed by atoms with E-state index in [9.17, 15) is 9.59 Å². The highest BCUT2D eigenvalue weighted by Crippen LogP contribution is 2.25. The van der Waals surface area contributed by atoms with Gasteiger partial charge in [-0.1, -0.05) is 25.0 Å². The molecule has 5 nitrogen and oxygen atoms in total. The lowest BCUT2D eigenvalue weighted by atomic mass is 9.92. The second kappa shape index (κ2) is 8.67. The van der Waals surface area contributed by atoms with Crippen molar-refractivity contribution >= 4 is 11.8 Å². The minimum atomic E-state index is 0.0805. The highest BCUT2D eigenvalue weighted by molar-refractivity contribution is 5.94. The first-order valence-electron chi connectivity index (χ1n) is 9.96. The normalized spacial score (nSPS) is 22.2. The van der Waals surface area contributed by atoms with E-state index in [1.165, 1.54) is 0 Å². The molecule has 1 aromatic rings. The average molecular weight is 357 g/mol. The molecule has 0 spiro atoms. The van der Waals surface area contributed by atoms with Gasteiger partial charge in [-0.3, -0.25) is 9.59 Å². The first kappa shape index (κ1) is 18.9. The Kier molecular flexibility index (Phi) is 6.30. The van der Waals surface area contributed by atoms with E-state index in [0.29, 0.717) is 18.0 Å². The Morgan fingerprint density at radius 1 is 1.15 bits per heavy atom. The van der Waals surface area contributed by atoms with E-state index in [-0.39, 0.29) is 23.8 Å². The Morgan fingerprint density at radius 2 is 1.85 bits per heavy atom. The maximum atomic E-state index is 12.7. The van der Waals surface area contributed by atoms with E-state index < -0.39 is 0 Å². The molecule has 2 aliphatic rings. The number of nitrogens with one attached hydrogen (secondary N) is 1. The van der Waals surface area contributed by atoms with Crippen LogP contribution in [-0.4, -0.2) is 35.8 Å². The molecule has 2 unspecified atom stereocenters. The number of amides is 2. The largest absolute Gasteiger partial charge is 0.352 e. The number of hydrogen-bond acceptors (Lipinski definition) is 3. The van der Waals surface area contributed by atoms with E-state index in [2.05, 4.69) is 5.32 Å². The van der Waals surface area contributed by atoms with E-state index in [1.807, 2.05) is 36.1 Å². The van der Waals surface area contributed by atoms with Crippen LogP contribution in [0, 0.1) is 11.8 Å². The summed E-state index contributed by atoms with van der Waals surface area (Å²) in [5.74, 6) is 0.820. The molecule has 3 N–H and O–H groups in total. The molecule has 0 aromatic heterocycles. The van der Waals surface area contributed by atoms with Gasteiger partial charge >= 0.3 is 0 Å². The molecule has 2 amide bonds. The zero-order chi connectivity index (χ0) is 18.5. The van der Waals surface area contributed by atoms with Gasteiger partial charge in [0, 0.05) is 37.2 Å². The second-order valence-corrected chi connectivity index (χ2v) is 7.91. The summed E-state index contributed by atoms with van der Waals surface area (Å²) >= 11 is 0. The van der Waals surface area contributed by atoms with E-state index in [0.717, 1.165) is 57.2 Å². The van der Waals surface area contributed by atoms with Gasteiger partial charge in [0.2, 0.25) is 5.91 Å². The fourth-order valence-corrected chi connectivity index (χ4v) is 4.09. The van der Waals surface area contributed by atoms with Crippen LogP contribution in [0.15, 0.2) is 24.3 Å². The summed E-state index contributed by atoms with van der Waals surface area (Å²) in [6.45, 7) is 4.10. The molecule has 1 aliphatic carbocycles. The van der Waals surface area contributed by atoms with Crippen molar-refractivity contribution in [3.05, 3.63) is 35.4 Å². The van der Waals surface area contributed by atoms with Crippen molar-refractivity contribution in [3.63, 3.8) is 0 Å². The molecular formula is C21H31N3O2. The molecule has 3 rings (SSSR count). The Labute approximate surface area is 156 Å². The number of rotatable bonds is 5. The van der Waals surface area contributed by atoms with Gasteiger partial charge in [-0.15, -0.1) is 0 Å². The van der Waals surface area contributed by atoms with Crippen molar-refractivity contribution in [2.75, 3.05) is 13.1 Å². The summed E-state index contributed by atoms with van der Waals surface area (Å²) in [7, 11) is 0. The minimum Gasteiger partial charge on any atom is -0.352 e. The number of nitrogens with zero attached hydrogens (tertiary/aromatic N) is 1. The maximum absolute atomic E-state index is 12.7. The van der Waals surface area contributed by atoms with Crippen molar-refractivity contribution in [2.45, 2.75) is 58.0 Å². The molecule has 2 fully saturated rings. The highest BCUT2D eigenvalue weighted by Gasteiger charge is 2.26. The fourth-order valence-electron chi connectivity index (χ4n) is 4.09. The van der Waals surface area contributed by atoms with Crippen molar-refractivity contribution in [2.24, 2.45) is 17.6 Å². The smallest absolute Gasteiger partial charge is 0.253 e. The summed E-state index contributed by atoms with van der Waals surface area (Å²) in [5, 5.41) is 3.02. The SMILES string of the molecule is CC(N)C1CCCN(C(=O)c2ccc(CNC(=O)C3CCCC3)cc2)C1. The Balaban J connectivity index is 1.53. The van der Waals surface area contributed by atoms with Gasteiger partial charge in [0.15, 0.2) is 0 Å². The molecule has 1 heterocycles. The number of hydrogen-bond donors (Lipinski definition) is 2. The highest BCUT2D eigenvalue weighted by atomic mass is 16.2. The predicted octanol–water partition coefficient (Wildman–Crippen LogP) is 2.69. The zero-order valence-electron chi connectivity index (χ0n) is 15.7. The van der Waals surface area contributed by atoms with E-state index in [1.54, 1.807) is 0 Å². The predicted molar refractivity (Wildman–Crippen MR) is 103 cm³/mol. The van der Waals surface area contributed by atoms with Crippen molar-refractivity contribution in [3.8, 4) is 0 Å². The van der Waals surface area contributed by atoms with Gasteiger partial charge in [0.1, 0.15) is 0 Å².